The second-order valence-electron chi connectivity index (χ2n) is 4.59. The zero-order chi connectivity index (χ0) is 15.9. The lowest BCUT2D eigenvalue weighted by atomic mass is 10.2. The monoisotopic (exact) mass is 318 g/mol. The molecule has 114 valence electrons. The summed E-state index contributed by atoms with van der Waals surface area (Å²) in [5, 5.41) is 13.3. The average Bonchev–Trinajstić information content (AvgIpc) is 2.50. The van der Waals surface area contributed by atoms with Gasteiger partial charge < -0.3 is 9.84 Å². The zero-order valence-electron chi connectivity index (χ0n) is 11.9. The van der Waals surface area contributed by atoms with Crippen LogP contribution in [-0.2, 0) is 4.79 Å². The first-order chi connectivity index (χ1) is 10.5. The Bertz CT molecular complexity index is 684. The van der Waals surface area contributed by atoms with E-state index in [0.29, 0.717) is 10.8 Å². The number of nitrogens with one attached hydrogen (secondary N) is 1. The Balaban J connectivity index is 1.92. The van der Waals surface area contributed by atoms with Crippen LogP contribution in [-0.4, -0.2) is 23.9 Å². The third-order valence-corrected chi connectivity index (χ3v) is 3.23. The lowest BCUT2D eigenvalue weighted by Gasteiger charge is -2.04. The third kappa shape index (κ3) is 4.79. The van der Waals surface area contributed by atoms with Crippen LogP contribution in [0.4, 0.5) is 5.69 Å². The van der Waals surface area contributed by atoms with Gasteiger partial charge in [0, 0.05) is 5.02 Å². The fourth-order valence-corrected chi connectivity index (χ4v) is 1.82. The molecule has 22 heavy (non-hydrogen) atoms. The largest absolute Gasteiger partial charge is 0.482 e. The van der Waals surface area contributed by atoms with E-state index in [0.717, 1.165) is 16.8 Å². The van der Waals surface area contributed by atoms with Crippen molar-refractivity contribution in [3.05, 3.63) is 58.6 Å². The van der Waals surface area contributed by atoms with Gasteiger partial charge >= 0.3 is 5.97 Å². The van der Waals surface area contributed by atoms with Crippen LogP contribution < -0.4 is 10.2 Å². The molecule has 0 aromatic heterocycles. The molecule has 0 aliphatic carbocycles. The molecule has 2 aromatic carbocycles. The summed E-state index contributed by atoms with van der Waals surface area (Å²) in [6.45, 7) is 1.58. The molecular weight excluding hydrogens is 304 g/mol. The number of aryl methyl sites for hydroxylation is 1. The van der Waals surface area contributed by atoms with Crippen LogP contribution >= 0.6 is 11.6 Å². The number of benzene rings is 2. The lowest BCUT2D eigenvalue weighted by molar-refractivity contribution is -0.139. The van der Waals surface area contributed by atoms with Gasteiger partial charge in [-0.25, -0.2) is 4.79 Å². The number of anilines is 1. The van der Waals surface area contributed by atoms with E-state index in [1.54, 1.807) is 36.5 Å². The highest BCUT2D eigenvalue weighted by Crippen LogP contribution is 2.19. The van der Waals surface area contributed by atoms with Crippen molar-refractivity contribution in [2.24, 2.45) is 5.10 Å². The highest BCUT2D eigenvalue weighted by molar-refractivity contribution is 6.31. The summed E-state index contributed by atoms with van der Waals surface area (Å²) in [6, 6.07) is 12.5. The van der Waals surface area contributed by atoms with E-state index in [-0.39, 0.29) is 6.61 Å². The number of carboxylic acid groups (broad SMARTS) is 1. The molecule has 0 saturated heterocycles. The van der Waals surface area contributed by atoms with Gasteiger partial charge in [-0.1, -0.05) is 17.7 Å². The van der Waals surface area contributed by atoms with Crippen molar-refractivity contribution in [3.63, 3.8) is 0 Å². The van der Waals surface area contributed by atoms with Crippen LogP contribution in [0.2, 0.25) is 5.02 Å². The third-order valence-electron chi connectivity index (χ3n) is 2.82. The number of carbonyl (C=O) groups is 1. The SMILES string of the molecule is Cc1ccc(N/N=C\c2ccc(OCC(=O)O)cc2)cc1Cl. The minimum atomic E-state index is -1.01. The van der Waals surface area contributed by atoms with Gasteiger partial charge in [0.1, 0.15) is 5.75 Å². The molecule has 2 N–H and O–H groups in total. The van der Waals surface area contributed by atoms with Gasteiger partial charge in [-0.3, -0.25) is 5.43 Å². The average molecular weight is 319 g/mol. The first kappa shape index (κ1) is 15.9. The Labute approximate surface area is 133 Å². The molecule has 6 heteroatoms. The predicted octanol–water partition coefficient (Wildman–Crippen LogP) is 3.56. The molecule has 0 aliphatic rings. The molecule has 0 unspecified atom stereocenters. The summed E-state index contributed by atoms with van der Waals surface area (Å²) in [5.74, 6) is -0.510. The number of rotatable bonds is 6. The second-order valence-corrected chi connectivity index (χ2v) is 4.99. The Hall–Kier alpha value is -2.53. The molecule has 0 saturated carbocycles. The normalized spacial score (nSPS) is 10.6. The summed E-state index contributed by atoms with van der Waals surface area (Å²) in [7, 11) is 0. The summed E-state index contributed by atoms with van der Waals surface area (Å²) in [5.41, 5.74) is 5.55. The number of halogens is 1. The van der Waals surface area contributed by atoms with Gasteiger partial charge in [-0.05, 0) is 54.4 Å². The van der Waals surface area contributed by atoms with Crippen molar-refractivity contribution in [2.45, 2.75) is 6.92 Å². The van der Waals surface area contributed by atoms with Gasteiger partial charge in [0.2, 0.25) is 0 Å². The van der Waals surface area contributed by atoms with Crippen molar-refractivity contribution in [1.82, 2.24) is 0 Å². The van der Waals surface area contributed by atoms with Gasteiger partial charge in [-0.2, -0.15) is 5.10 Å². The molecule has 0 amide bonds. The van der Waals surface area contributed by atoms with Crippen LogP contribution in [0, 0.1) is 6.92 Å². The van der Waals surface area contributed by atoms with Crippen LogP contribution in [0.3, 0.4) is 0 Å². The number of hydrazone groups is 1. The second kappa shape index (κ2) is 7.47. The molecule has 0 aliphatic heterocycles. The zero-order valence-corrected chi connectivity index (χ0v) is 12.7. The van der Waals surface area contributed by atoms with Gasteiger partial charge in [0.25, 0.3) is 0 Å². The highest BCUT2D eigenvalue weighted by atomic mass is 35.5. The van der Waals surface area contributed by atoms with Crippen molar-refractivity contribution in [1.29, 1.82) is 0 Å². The van der Waals surface area contributed by atoms with Crippen molar-refractivity contribution >= 4 is 29.5 Å². The first-order valence-electron chi connectivity index (χ1n) is 6.54. The summed E-state index contributed by atoms with van der Waals surface area (Å²) in [6.07, 6.45) is 1.65. The van der Waals surface area contributed by atoms with Gasteiger partial charge in [0.15, 0.2) is 6.61 Å². The molecule has 0 atom stereocenters. The number of ether oxygens (including phenoxy) is 1. The number of carboxylic acids is 1. The van der Waals surface area contributed by atoms with E-state index in [1.165, 1.54) is 0 Å². The van der Waals surface area contributed by atoms with Crippen molar-refractivity contribution in [2.75, 3.05) is 12.0 Å². The fourth-order valence-electron chi connectivity index (χ4n) is 1.64. The lowest BCUT2D eigenvalue weighted by Crippen LogP contribution is -2.09. The topological polar surface area (TPSA) is 70.9 Å². The molecule has 2 rings (SSSR count). The van der Waals surface area contributed by atoms with Crippen LogP contribution in [0.25, 0.3) is 0 Å². The maximum absolute atomic E-state index is 10.4. The molecule has 5 nitrogen and oxygen atoms in total. The number of aliphatic carboxylic acids is 1. The minimum Gasteiger partial charge on any atom is -0.482 e. The summed E-state index contributed by atoms with van der Waals surface area (Å²) >= 11 is 6.03. The Morgan fingerprint density at radius 1 is 1.32 bits per heavy atom. The standard InChI is InChI=1S/C16H15ClN2O3/c1-11-2-5-13(8-15(11)17)19-18-9-12-3-6-14(7-4-12)22-10-16(20)21/h2-9,19H,10H2,1H3,(H,20,21)/b18-9-. The highest BCUT2D eigenvalue weighted by Gasteiger charge is 1.99. The molecule has 0 radical (unpaired) electrons. The Morgan fingerprint density at radius 2 is 2.05 bits per heavy atom. The van der Waals surface area contributed by atoms with Crippen molar-refractivity contribution < 1.29 is 14.6 Å². The van der Waals surface area contributed by atoms with E-state index in [9.17, 15) is 4.79 Å². The summed E-state index contributed by atoms with van der Waals surface area (Å²) in [4.78, 5) is 10.4. The Kier molecular flexibility index (Phi) is 5.38. The van der Waals surface area contributed by atoms with Gasteiger partial charge in [-0.15, -0.1) is 0 Å². The number of hydrogen-bond acceptors (Lipinski definition) is 4. The van der Waals surface area contributed by atoms with Crippen LogP contribution in [0.15, 0.2) is 47.6 Å². The van der Waals surface area contributed by atoms with E-state index in [1.807, 2.05) is 19.1 Å². The molecule has 2 aromatic rings. The van der Waals surface area contributed by atoms with Gasteiger partial charge in [0.05, 0.1) is 11.9 Å². The molecule has 0 heterocycles. The fraction of sp³-hybridized carbons (Fsp3) is 0.125. The van der Waals surface area contributed by atoms with Crippen LogP contribution in [0.1, 0.15) is 11.1 Å². The first-order valence-corrected chi connectivity index (χ1v) is 6.92. The van der Waals surface area contributed by atoms with E-state index in [2.05, 4.69) is 10.5 Å². The van der Waals surface area contributed by atoms with E-state index in [4.69, 9.17) is 21.4 Å². The molecule has 0 spiro atoms. The van der Waals surface area contributed by atoms with E-state index < -0.39 is 5.97 Å². The summed E-state index contributed by atoms with van der Waals surface area (Å²) < 4.78 is 5.05. The Morgan fingerprint density at radius 3 is 2.68 bits per heavy atom. The minimum absolute atomic E-state index is 0.358. The molecule has 0 fully saturated rings. The number of hydrogen-bond donors (Lipinski definition) is 2. The predicted molar refractivity (Wildman–Crippen MR) is 87.0 cm³/mol. The molecule has 0 bridgehead atoms. The quantitative estimate of drug-likeness (QED) is 0.631. The van der Waals surface area contributed by atoms with Crippen LogP contribution in [0.5, 0.6) is 5.75 Å². The number of nitrogens with zero attached hydrogens (tertiary/aromatic N) is 1. The van der Waals surface area contributed by atoms with E-state index >= 15 is 0 Å². The molecular formula is C16H15ClN2O3. The van der Waals surface area contributed by atoms with Crippen molar-refractivity contribution in [3.8, 4) is 5.75 Å². The smallest absolute Gasteiger partial charge is 0.341 e. The maximum atomic E-state index is 10.4. The maximum Gasteiger partial charge on any atom is 0.341 e.